The van der Waals surface area contributed by atoms with E-state index in [1.807, 2.05) is 0 Å². The van der Waals surface area contributed by atoms with Crippen molar-refractivity contribution in [2.24, 2.45) is 10.1 Å². The monoisotopic (exact) mass is 121 g/mol. The number of fused-ring (bicyclic) bond motifs is 1. The molecule has 0 atom stereocenters. The summed E-state index contributed by atoms with van der Waals surface area (Å²) < 4.78 is 1.72. The molecule has 0 amide bonds. The number of hydrogen-bond acceptors (Lipinski definition) is 3. The maximum atomic E-state index is 4.03. The zero-order valence-electron chi connectivity index (χ0n) is 4.73. The van der Waals surface area contributed by atoms with Crippen LogP contribution in [-0.2, 0) is 0 Å². The molecule has 0 bridgehead atoms. The fourth-order valence-corrected chi connectivity index (χ4v) is 0.752. The van der Waals surface area contributed by atoms with Crippen LogP contribution in [0.3, 0.4) is 0 Å². The first-order chi connectivity index (χ1) is 4.47. The summed E-state index contributed by atoms with van der Waals surface area (Å²) in [6.45, 7) is 0.533. The van der Waals surface area contributed by atoms with E-state index in [1.54, 1.807) is 23.0 Å². The van der Waals surface area contributed by atoms with E-state index >= 15 is 0 Å². The van der Waals surface area contributed by atoms with Gasteiger partial charge in [-0.3, -0.25) is 4.98 Å². The van der Waals surface area contributed by atoms with Crippen LogP contribution in [0.2, 0.25) is 0 Å². The van der Waals surface area contributed by atoms with Crippen molar-refractivity contribution in [2.75, 3.05) is 6.67 Å². The lowest BCUT2D eigenvalue weighted by molar-refractivity contribution is -0.559. The van der Waals surface area contributed by atoms with Gasteiger partial charge in [-0.05, 0) is 0 Å². The van der Waals surface area contributed by atoms with Crippen molar-refractivity contribution < 1.29 is 4.36 Å². The van der Waals surface area contributed by atoms with Gasteiger partial charge in [0.2, 0.25) is 0 Å². The molecule has 1 aromatic rings. The van der Waals surface area contributed by atoms with Crippen LogP contribution in [0.1, 0.15) is 0 Å². The van der Waals surface area contributed by atoms with E-state index in [-0.39, 0.29) is 0 Å². The maximum absolute atomic E-state index is 4.03. The smallest absolute Gasteiger partial charge is 0.252 e. The molecular formula is C5H5N4+. The lowest BCUT2D eigenvalue weighted by Crippen LogP contribution is -2.33. The molecule has 1 aromatic heterocycles. The highest BCUT2D eigenvalue weighted by Crippen LogP contribution is 1.71. The molecule has 1 aliphatic rings. The van der Waals surface area contributed by atoms with Crippen molar-refractivity contribution in [2.45, 2.75) is 0 Å². The van der Waals surface area contributed by atoms with Gasteiger partial charge < -0.3 is 0 Å². The molecule has 0 saturated carbocycles. The zero-order valence-corrected chi connectivity index (χ0v) is 4.73. The average molecular weight is 121 g/mol. The first-order valence-electron chi connectivity index (χ1n) is 2.68. The Labute approximate surface area is 51.2 Å². The predicted molar refractivity (Wildman–Crippen MR) is 28.3 cm³/mol. The van der Waals surface area contributed by atoms with Crippen molar-refractivity contribution in [3.8, 4) is 0 Å². The van der Waals surface area contributed by atoms with Crippen LogP contribution in [0, 0.1) is 0 Å². The molecule has 0 aliphatic carbocycles. The van der Waals surface area contributed by atoms with E-state index in [4.69, 9.17) is 0 Å². The van der Waals surface area contributed by atoms with Gasteiger partial charge in [-0.1, -0.05) is 14.5 Å². The molecule has 0 aromatic carbocycles. The molecule has 1 aliphatic heterocycles. The van der Waals surface area contributed by atoms with Crippen molar-refractivity contribution in [1.82, 2.24) is 4.98 Å². The minimum absolute atomic E-state index is 0.533. The molecule has 44 valence electrons. The van der Waals surface area contributed by atoms with Crippen LogP contribution in [0.15, 0.2) is 28.7 Å². The van der Waals surface area contributed by atoms with Gasteiger partial charge in [0.15, 0.2) is 0 Å². The van der Waals surface area contributed by atoms with Crippen molar-refractivity contribution in [1.29, 1.82) is 0 Å². The van der Waals surface area contributed by atoms with E-state index in [9.17, 15) is 0 Å². The molecule has 4 nitrogen and oxygen atoms in total. The summed E-state index contributed by atoms with van der Waals surface area (Å²) >= 11 is 0. The van der Waals surface area contributed by atoms with Gasteiger partial charge in [0.25, 0.3) is 6.67 Å². The summed E-state index contributed by atoms with van der Waals surface area (Å²) in [4.78, 5) is 7.91. The van der Waals surface area contributed by atoms with Crippen LogP contribution in [0.4, 0.5) is 0 Å². The quantitative estimate of drug-likeness (QED) is 0.405. The van der Waals surface area contributed by atoms with Gasteiger partial charge in [-0.25, -0.2) is 0 Å². The Morgan fingerprint density at radius 2 is 2.56 bits per heavy atom. The second-order valence-electron chi connectivity index (χ2n) is 1.72. The number of aromatic nitrogens is 2. The van der Waals surface area contributed by atoms with Gasteiger partial charge in [-0.15, -0.1) is 0 Å². The van der Waals surface area contributed by atoms with Crippen molar-refractivity contribution in [3.05, 3.63) is 24.1 Å². The first-order valence-corrected chi connectivity index (χ1v) is 2.68. The van der Waals surface area contributed by atoms with Crippen LogP contribution in [0.25, 0.3) is 0 Å². The van der Waals surface area contributed by atoms with Gasteiger partial charge >= 0.3 is 5.49 Å². The highest BCUT2D eigenvalue weighted by Gasteiger charge is 2.01. The van der Waals surface area contributed by atoms with Crippen molar-refractivity contribution >= 4 is 0 Å². The number of hydrogen-bond donors (Lipinski definition) is 0. The normalized spacial score (nSPS) is 13.8. The minimum Gasteiger partial charge on any atom is -0.252 e. The molecule has 0 fully saturated rings. The summed E-state index contributed by atoms with van der Waals surface area (Å²) in [7, 11) is 0. The van der Waals surface area contributed by atoms with E-state index < -0.39 is 0 Å². The molecular weight excluding hydrogens is 116 g/mol. The summed E-state index contributed by atoms with van der Waals surface area (Å²) in [5.41, 5.74) is 0.831. The van der Waals surface area contributed by atoms with Gasteiger partial charge in [0.05, 0.1) is 6.20 Å². The highest BCUT2D eigenvalue weighted by molar-refractivity contribution is 4.65. The fraction of sp³-hybridized carbons (Fsp3) is 0.200. The minimum atomic E-state index is 0.533. The molecule has 0 spiro atoms. The Morgan fingerprint density at radius 3 is 3.44 bits per heavy atom. The van der Waals surface area contributed by atoms with E-state index in [1.165, 1.54) is 0 Å². The topological polar surface area (TPSA) is 43.5 Å². The number of nitrogens with zero attached hydrogens (tertiary/aromatic N) is 4. The second kappa shape index (κ2) is 1.58. The van der Waals surface area contributed by atoms with E-state index in [0.717, 1.165) is 5.49 Å². The Balaban J connectivity index is 2.97. The van der Waals surface area contributed by atoms with Gasteiger partial charge in [0, 0.05) is 0 Å². The molecule has 0 saturated heterocycles. The molecule has 2 rings (SSSR count). The molecule has 2 heterocycles. The number of rotatable bonds is 0. The fourth-order valence-electron chi connectivity index (χ4n) is 0.752. The second-order valence-corrected chi connectivity index (χ2v) is 1.72. The third kappa shape index (κ3) is 0.595. The molecule has 4 heteroatoms. The van der Waals surface area contributed by atoms with Crippen LogP contribution < -0.4 is 9.85 Å². The lowest BCUT2D eigenvalue weighted by atomic mass is 10.7. The average Bonchev–Trinajstić information content (AvgIpc) is 2.33. The SMILES string of the molecule is c1c[n+]2c(cn1)=NCN=2. The molecule has 0 N–H and O–H groups in total. The summed E-state index contributed by atoms with van der Waals surface area (Å²) in [6, 6.07) is 0. The van der Waals surface area contributed by atoms with E-state index in [2.05, 4.69) is 15.1 Å². The van der Waals surface area contributed by atoms with Crippen LogP contribution in [0.5, 0.6) is 0 Å². The summed E-state index contributed by atoms with van der Waals surface area (Å²) in [5, 5.41) is 4.01. The summed E-state index contributed by atoms with van der Waals surface area (Å²) in [5.74, 6) is 0. The third-order valence-electron chi connectivity index (χ3n) is 1.17. The van der Waals surface area contributed by atoms with Gasteiger partial charge in [0.1, 0.15) is 12.4 Å². The third-order valence-corrected chi connectivity index (χ3v) is 1.17. The molecule has 9 heavy (non-hydrogen) atoms. The summed E-state index contributed by atoms with van der Waals surface area (Å²) in [6.07, 6.45) is 5.16. The van der Waals surface area contributed by atoms with Crippen LogP contribution >= 0.6 is 0 Å². The van der Waals surface area contributed by atoms with E-state index in [0.29, 0.717) is 6.67 Å². The first kappa shape index (κ1) is 4.55. The standard InChI is InChI=1S/C5H5N4/c1-2-9-5(3-6-1)7-4-8-9/h1-3H,4H2/q+1. The predicted octanol–water partition coefficient (Wildman–Crippen LogP) is -1.01. The largest absolute Gasteiger partial charge is 0.363 e. The Bertz CT molecular complexity index is 296. The van der Waals surface area contributed by atoms with Crippen molar-refractivity contribution in [3.63, 3.8) is 0 Å². The maximum Gasteiger partial charge on any atom is 0.363 e. The highest BCUT2D eigenvalue weighted by atomic mass is 15.3. The molecule has 0 radical (unpaired) electrons. The Morgan fingerprint density at radius 1 is 1.56 bits per heavy atom. The zero-order chi connectivity index (χ0) is 6.10. The Kier molecular flexibility index (Phi) is 0.798. The van der Waals surface area contributed by atoms with Crippen LogP contribution in [-0.4, -0.2) is 11.7 Å². The Hall–Kier alpha value is -1.32. The molecule has 0 unspecified atom stereocenters. The van der Waals surface area contributed by atoms with Gasteiger partial charge in [-0.2, -0.15) is 0 Å². The lowest BCUT2D eigenvalue weighted by Gasteiger charge is -1.70.